The number of hydrogen-bond acceptors (Lipinski definition) is 6. The zero-order chi connectivity index (χ0) is 45.6. The first kappa shape index (κ1) is 37.3. The van der Waals surface area contributed by atoms with Gasteiger partial charge in [-0.05, 0) is 127 Å². The van der Waals surface area contributed by atoms with Crippen molar-refractivity contribution in [3.05, 3.63) is 206 Å². The van der Waals surface area contributed by atoms with Crippen molar-refractivity contribution in [3.63, 3.8) is 0 Å². The van der Waals surface area contributed by atoms with E-state index in [2.05, 4.69) is 182 Å². The standard InChI is InChI=1S/C60H34N8O2/c1-2-12-35(13-3-1)58-61-46(36-22-26-54-40(30-36)42-32-38(24-28-56(42)69-54)65-50-18-8-10-20-52(50)67-48-16-6-4-14-44(48)63-59(65)67)34-47(62-58)37-23-27-55-41(31-37)43-33-39(25-29-57(43)70-55)66-51-19-9-11-21-53(51)68-49-17-7-5-15-45(49)64-60(66)68/h1-34H. The number of fused-ring (bicyclic) bond motifs is 16. The van der Waals surface area contributed by atoms with Gasteiger partial charge in [0.05, 0.1) is 66.9 Å². The van der Waals surface area contributed by atoms with Gasteiger partial charge >= 0.3 is 0 Å². The minimum atomic E-state index is 0.637. The summed E-state index contributed by atoms with van der Waals surface area (Å²) in [5.41, 5.74) is 18.0. The third kappa shape index (κ3) is 5.26. The first-order valence-corrected chi connectivity index (χ1v) is 23.3. The zero-order valence-electron chi connectivity index (χ0n) is 37.0. The smallest absolute Gasteiger partial charge is 0.220 e. The highest BCUT2D eigenvalue weighted by atomic mass is 16.3. The van der Waals surface area contributed by atoms with Crippen LogP contribution in [0.2, 0.25) is 0 Å². The summed E-state index contributed by atoms with van der Waals surface area (Å²) in [7, 11) is 0. The maximum absolute atomic E-state index is 6.50. The quantitative estimate of drug-likeness (QED) is 0.171. The van der Waals surface area contributed by atoms with E-state index >= 15 is 0 Å². The predicted molar refractivity (Wildman–Crippen MR) is 279 cm³/mol. The van der Waals surface area contributed by atoms with Crippen molar-refractivity contribution >= 4 is 99.6 Å². The van der Waals surface area contributed by atoms with E-state index in [4.69, 9.17) is 28.8 Å². The van der Waals surface area contributed by atoms with Gasteiger partial charge in [0.25, 0.3) is 0 Å². The van der Waals surface area contributed by atoms with Crippen molar-refractivity contribution in [1.82, 2.24) is 37.9 Å². The lowest BCUT2D eigenvalue weighted by Gasteiger charge is -2.10. The van der Waals surface area contributed by atoms with Gasteiger partial charge in [-0.2, -0.15) is 0 Å². The lowest BCUT2D eigenvalue weighted by Crippen LogP contribution is -1.96. The molecular formula is C60H34N8O2. The summed E-state index contributed by atoms with van der Waals surface area (Å²) in [4.78, 5) is 20.7. The highest BCUT2D eigenvalue weighted by molar-refractivity contribution is 6.09. The SMILES string of the molecule is c1ccc(-c2nc(-c3ccc4oc5ccc(-n6c7ccccc7n7c8ccccc8nc67)cc5c4c3)cc(-c3ccc4oc5ccc(-n6c7ccccc7n7c8ccccc8nc67)cc5c4c3)n2)cc1. The van der Waals surface area contributed by atoms with Crippen molar-refractivity contribution in [3.8, 4) is 45.3 Å². The van der Waals surface area contributed by atoms with Gasteiger partial charge in [0.2, 0.25) is 11.6 Å². The van der Waals surface area contributed by atoms with Gasteiger partial charge in [-0.1, -0.05) is 78.9 Å². The number of furan rings is 2. The Morgan fingerprint density at radius 2 is 0.700 bits per heavy atom. The van der Waals surface area contributed by atoms with Crippen LogP contribution < -0.4 is 0 Å². The Morgan fingerprint density at radius 3 is 1.19 bits per heavy atom. The summed E-state index contributed by atoms with van der Waals surface area (Å²) in [6.45, 7) is 0. The average molecular weight is 899 g/mol. The van der Waals surface area contributed by atoms with Crippen molar-refractivity contribution in [2.45, 2.75) is 0 Å². The Morgan fingerprint density at radius 1 is 0.300 bits per heavy atom. The van der Waals surface area contributed by atoms with E-state index in [-0.39, 0.29) is 0 Å². The number of aromatic nitrogens is 8. The Labute approximate surface area is 396 Å². The molecule has 7 heterocycles. The Balaban J connectivity index is 0.850. The molecule has 10 nitrogen and oxygen atoms in total. The number of rotatable bonds is 5. The number of benzene rings is 9. The van der Waals surface area contributed by atoms with Gasteiger partial charge < -0.3 is 8.83 Å². The van der Waals surface area contributed by atoms with Gasteiger partial charge in [-0.3, -0.25) is 17.9 Å². The molecular weight excluding hydrogens is 865 g/mol. The molecule has 0 unspecified atom stereocenters. The molecule has 0 spiro atoms. The van der Waals surface area contributed by atoms with Crippen LogP contribution in [0.3, 0.4) is 0 Å². The molecule has 0 atom stereocenters. The molecule has 0 aliphatic carbocycles. The second kappa shape index (κ2) is 13.9. The van der Waals surface area contributed by atoms with Crippen LogP contribution in [-0.4, -0.2) is 37.9 Å². The van der Waals surface area contributed by atoms with Crippen molar-refractivity contribution in [2.24, 2.45) is 0 Å². The molecule has 0 saturated heterocycles. The molecule has 0 saturated carbocycles. The molecule has 16 aromatic rings. The highest BCUT2D eigenvalue weighted by Gasteiger charge is 2.21. The fraction of sp³-hybridized carbons (Fsp3) is 0. The highest BCUT2D eigenvalue weighted by Crippen LogP contribution is 2.39. The summed E-state index contributed by atoms with van der Waals surface area (Å²) in [5, 5.41) is 4.00. The fourth-order valence-corrected chi connectivity index (χ4v) is 10.8. The maximum Gasteiger partial charge on any atom is 0.220 e. The van der Waals surface area contributed by atoms with Crippen molar-refractivity contribution in [2.75, 3.05) is 0 Å². The van der Waals surface area contributed by atoms with E-state index in [1.165, 1.54) is 0 Å². The third-order valence-electron chi connectivity index (χ3n) is 14.0. The Kier molecular flexibility index (Phi) is 7.40. The van der Waals surface area contributed by atoms with Crippen LogP contribution in [0.1, 0.15) is 0 Å². The van der Waals surface area contributed by atoms with E-state index in [1.54, 1.807) is 0 Å². The zero-order valence-corrected chi connectivity index (χ0v) is 37.0. The summed E-state index contributed by atoms with van der Waals surface area (Å²) >= 11 is 0. The van der Waals surface area contributed by atoms with Crippen molar-refractivity contribution < 1.29 is 8.83 Å². The Hall–Kier alpha value is -9.80. The topological polar surface area (TPSA) is 96.5 Å². The second-order valence-electron chi connectivity index (χ2n) is 17.9. The monoisotopic (exact) mass is 898 g/mol. The summed E-state index contributed by atoms with van der Waals surface area (Å²) in [6, 6.07) is 71.2. The van der Waals surface area contributed by atoms with E-state index in [9.17, 15) is 0 Å². The average Bonchev–Trinajstić information content (AvgIpc) is 4.27. The third-order valence-corrected chi connectivity index (χ3v) is 14.0. The number of nitrogens with zero attached hydrogens (tertiary/aromatic N) is 8. The normalized spacial score (nSPS) is 12.3. The van der Waals surface area contributed by atoms with Crippen LogP contribution in [0.25, 0.3) is 145 Å². The van der Waals surface area contributed by atoms with Gasteiger partial charge in [0.15, 0.2) is 5.82 Å². The van der Waals surface area contributed by atoms with Crippen LogP contribution in [0.4, 0.5) is 0 Å². The van der Waals surface area contributed by atoms with E-state index in [1.807, 2.05) is 42.5 Å². The molecule has 0 radical (unpaired) electrons. The lowest BCUT2D eigenvalue weighted by atomic mass is 10.0. The number of hydrogen-bond donors (Lipinski definition) is 0. The van der Waals surface area contributed by atoms with E-state index in [0.29, 0.717) is 5.82 Å². The van der Waals surface area contributed by atoms with Gasteiger partial charge in [0.1, 0.15) is 22.3 Å². The van der Waals surface area contributed by atoms with Crippen molar-refractivity contribution in [1.29, 1.82) is 0 Å². The van der Waals surface area contributed by atoms with Crippen LogP contribution in [-0.2, 0) is 0 Å². The fourth-order valence-electron chi connectivity index (χ4n) is 10.8. The number of imidazole rings is 4. The first-order chi connectivity index (χ1) is 34.7. The molecule has 16 rings (SSSR count). The molecule has 0 fully saturated rings. The number of para-hydroxylation sites is 8. The molecule has 326 valence electrons. The maximum atomic E-state index is 6.50. The molecule has 10 heteroatoms. The van der Waals surface area contributed by atoms with Crippen LogP contribution in [0.15, 0.2) is 215 Å². The minimum absolute atomic E-state index is 0.637. The summed E-state index contributed by atoms with van der Waals surface area (Å²) in [6.07, 6.45) is 0. The molecule has 70 heavy (non-hydrogen) atoms. The summed E-state index contributed by atoms with van der Waals surface area (Å²) < 4.78 is 22.0. The molecule has 9 aromatic carbocycles. The molecule has 0 N–H and O–H groups in total. The van der Waals surface area contributed by atoms with Crippen LogP contribution in [0.5, 0.6) is 0 Å². The van der Waals surface area contributed by atoms with Crippen LogP contribution in [0, 0.1) is 0 Å². The molecule has 0 aliphatic rings. The molecule has 0 aliphatic heterocycles. The van der Waals surface area contributed by atoms with Gasteiger partial charge in [0, 0.05) is 38.2 Å². The lowest BCUT2D eigenvalue weighted by molar-refractivity contribution is 0.668. The van der Waals surface area contributed by atoms with Gasteiger partial charge in [-0.25, -0.2) is 19.9 Å². The summed E-state index contributed by atoms with van der Waals surface area (Å²) in [5.74, 6) is 2.36. The molecule has 0 amide bonds. The molecule has 0 bridgehead atoms. The van der Waals surface area contributed by atoms with Gasteiger partial charge in [-0.15, -0.1) is 0 Å². The largest absolute Gasteiger partial charge is 0.456 e. The second-order valence-corrected chi connectivity index (χ2v) is 17.9. The first-order valence-electron chi connectivity index (χ1n) is 23.3. The van der Waals surface area contributed by atoms with E-state index in [0.717, 1.165) is 139 Å². The Bertz CT molecular complexity index is 4570. The minimum Gasteiger partial charge on any atom is -0.456 e. The van der Waals surface area contributed by atoms with E-state index < -0.39 is 0 Å². The predicted octanol–water partition coefficient (Wildman–Crippen LogP) is 14.8. The molecule has 7 aromatic heterocycles. The van der Waals surface area contributed by atoms with Crippen LogP contribution >= 0.6 is 0 Å².